The third kappa shape index (κ3) is 5.07. The quantitative estimate of drug-likeness (QED) is 0.263. The Bertz CT molecular complexity index is 1890. The molecule has 1 amide bonds. The summed E-state index contributed by atoms with van der Waals surface area (Å²) in [6.07, 6.45) is 10.2. The van der Waals surface area contributed by atoms with Gasteiger partial charge in [0.2, 0.25) is 10.0 Å². The molecule has 2 aromatic carbocycles. The number of nitrogens with zero attached hydrogens (tertiary/aromatic N) is 3. The number of rotatable bonds is 7. The Morgan fingerprint density at radius 2 is 1.86 bits per heavy atom. The van der Waals surface area contributed by atoms with Crippen LogP contribution < -0.4 is 9.46 Å². The van der Waals surface area contributed by atoms with Crippen molar-refractivity contribution < 1.29 is 22.7 Å². The molecule has 0 radical (unpaired) electrons. The highest BCUT2D eigenvalue weighted by Crippen LogP contribution is 2.47. The van der Waals surface area contributed by atoms with Crippen LogP contribution in [0.5, 0.6) is 5.75 Å². The zero-order chi connectivity index (χ0) is 30.5. The lowest BCUT2D eigenvalue weighted by Gasteiger charge is -2.24. The monoisotopic (exact) mass is 600 g/mol. The lowest BCUT2D eigenvalue weighted by Crippen LogP contribution is -2.35. The number of amides is 1. The molecule has 1 aliphatic heterocycles. The molecule has 2 aliphatic rings. The van der Waals surface area contributed by atoms with Crippen LogP contribution in [0.4, 0.5) is 0 Å². The van der Waals surface area contributed by atoms with Gasteiger partial charge >= 0.3 is 0 Å². The molecule has 3 heterocycles. The van der Waals surface area contributed by atoms with Crippen molar-refractivity contribution in [1.82, 2.24) is 19.1 Å². The van der Waals surface area contributed by atoms with Crippen molar-refractivity contribution in [3.05, 3.63) is 70.5 Å². The Hall–Kier alpha value is -4.18. The maximum atomic E-state index is 13.2. The average molecular weight is 601 g/mol. The third-order valence-electron chi connectivity index (χ3n) is 8.81. The highest BCUT2D eigenvalue weighted by atomic mass is 32.2. The van der Waals surface area contributed by atoms with Crippen LogP contribution in [0.2, 0.25) is 0 Å². The van der Waals surface area contributed by atoms with E-state index in [-0.39, 0.29) is 5.56 Å². The molecule has 43 heavy (non-hydrogen) atoms. The summed E-state index contributed by atoms with van der Waals surface area (Å²) in [5.74, 6) is 0.408. The van der Waals surface area contributed by atoms with E-state index in [0.29, 0.717) is 18.0 Å². The molecule has 9 nitrogen and oxygen atoms in total. The SMILES string of the molecule is COc1ccc2c(c1)C=C(c1c(C=O)cnn1C)Cn1c-2c(C2CCCCC2)c2ccc(C(=O)NS(=O)(=O)C(C)C)cc21. The number of carbonyl (C=O) groups is 2. The molecule has 0 atom stereocenters. The molecule has 0 spiro atoms. The van der Waals surface area contributed by atoms with Crippen LogP contribution >= 0.6 is 0 Å². The Morgan fingerprint density at radius 1 is 1.09 bits per heavy atom. The maximum absolute atomic E-state index is 13.2. The van der Waals surface area contributed by atoms with Crippen LogP contribution in [0.3, 0.4) is 0 Å². The van der Waals surface area contributed by atoms with Crippen molar-refractivity contribution in [3.63, 3.8) is 0 Å². The summed E-state index contributed by atoms with van der Waals surface area (Å²) in [6, 6.07) is 11.5. The Kier molecular flexibility index (Phi) is 7.50. The second kappa shape index (κ2) is 11.1. The van der Waals surface area contributed by atoms with Crippen molar-refractivity contribution in [1.29, 1.82) is 0 Å². The van der Waals surface area contributed by atoms with Gasteiger partial charge in [0.15, 0.2) is 6.29 Å². The van der Waals surface area contributed by atoms with Crippen molar-refractivity contribution >= 4 is 44.8 Å². The Labute approximate surface area is 251 Å². The number of ether oxygens (including phenoxy) is 1. The molecular formula is C33H36N4O5S. The smallest absolute Gasteiger partial charge is 0.264 e. The molecule has 1 saturated carbocycles. The number of fused-ring (bicyclic) bond motifs is 5. The van der Waals surface area contributed by atoms with E-state index in [1.54, 1.807) is 30.1 Å². The van der Waals surface area contributed by atoms with Gasteiger partial charge in [-0.3, -0.25) is 14.3 Å². The number of hydrogen-bond donors (Lipinski definition) is 1. The number of nitrogens with one attached hydrogen (secondary N) is 1. The molecule has 2 aromatic heterocycles. The number of sulfonamides is 1. The fourth-order valence-corrected chi connectivity index (χ4v) is 7.18. The normalized spacial score (nSPS) is 15.5. The molecule has 1 fully saturated rings. The van der Waals surface area contributed by atoms with Crippen molar-refractivity contribution in [3.8, 4) is 17.0 Å². The predicted molar refractivity (Wildman–Crippen MR) is 168 cm³/mol. The molecule has 224 valence electrons. The largest absolute Gasteiger partial charge is 0.497 e. The first-order chi connectivity index (χ1) is 20.6. The van der Waals surface area contributed by atoms with Crippen LogP contribution in [0.1, 0.15) is 89.4 Å². The number of methoxy groups -OCH3 is 1. The van der Waals surface area contributed by atoms with E-state index < -0.39 is 21.2 Å². The molecule has 4 aromatic rings. The fourth-order valence-electron chi connectivity index (χ4n) is 6.57. The van der Waals surface area contributed by atoms with Gasteiger partial charge in [-0.25, -0.2) is 13.1 Å². The van der Waals surface area contributed by atoms with E-state index in [1.165, 1.54) is 25.8 Å². The number of hydrogen-bond acceptors (Lipinski definition) is 6. The molecule has 0 bridgehead atoms. The van der Waals surface area contributed by atoms with E-state index in [2.05, 4.69) is 26.5 Å². The summed E-state index contributed by atoms with van der Waals surface area (Å²) >= 11 is 0. The summed E-state index contributed by atoms with van der Waals surface area (Å²) in [5, 5.41) is 4.68. The van der Waals surface area contributed by atoms with Gasteiger partial charge in [-0.1, -0.05) is 25.3 Å². The Balaban J connectivity index is 1.63. The molecular weight excluding hydrogens is 564 g/mol. The first-order valence-electron chi connectivity index (χ1n) is 14.7. The minimum Gasteiger partial charge on any atom is -0.497 e. The molecule has 10 heteroatoms. The lowest BCUT2D eigenvalue weighted by atomic mass is 9.81. The number of benzene rings is 2. The summed E-state index contributed by atoms with van der Waals surface area (Å²) in [4.78, 5) is 25.3. The van der Waals surface area contributed by atoms with Gasteiger partial charge < -0.3 is 9.30 Å². The third-order valence-corrected chi connectivity index (χ3v) is 10.5. The summed E-state index contributed by atoms with van der Waals surface area (Å²) in [7, 11) is -0.338. The van der Waals surface area contributed by atoms with Gasteiger partial charge in [-0.05, 0) is 85.7 Å². The number of aldehydes is 1. The van der Waals surface area contributed by atoms with E-state index in [0.717, 1.165) is 76.7 Å². The van der Waals surface area contributed by atoms with Crippen molar-refractivity contribution in [2.75, 3.05) is 7.11 Å². The van der Waals surface area contributed by atoms with Gasteiger partial charge in [0.25, 0.3) is 5.91 Å². The molecule has 1 aliphatic carbocycles. The fraction of sp³-hybridized carbons (Fsp3) is 0.364. The zero-order valence-corrected chi connectivity index (χ0v) is 25.7. The van der Waals surface area contributed by atoms with Crippen molar-refractivity contribution in [2.45, 2.75) is 63.7 Å². The molecule has 0 unspecified atom stereocenters. The summed E-state index contributed by atoms with van der Waals surface area (Å²) in [6.45, 7) is 3.49. The number of carbonyl (C=O) groups excluding carboxylic acids is 2. The standard InChI is InChI=1S/C33H36N4O5S/c1-20(2)43(40,41)35-33(39)22-10-12-28-29(16-22)37-18-24(31-25(19-38)17-34-36(31)3)14-23-15-26(42-4)11-13-27(23)32(37)30(28)21-8-6-5-7-9-21/h10-17,19-21H,5-9,18H2,1-4H3,(H,35,39). The van der Waals surface area contributed by atoms with E-state index in [1.807, 2.05) is 25.2 Å². The molecule has 6 rings (SSSR count). The van der Waals surface area contributed by atoms with Gasteiger partial charge in [0.05, 0.1) is 42.1 Å². The summed E-state index contributed by atoms with van der Waals surface area (Å²) in [5.41, 5.74) is 7.54. The van der Waals surface area contributed by atoms with Crippen LogP contribution in [0.15, 0.2) is 42.6 Å². The minimum absolute atomic E-state index is 0.270. The zero-order valence-electron chi connectivity index (χ0n) is 24.9. The maximum Gasteiger partial charge on any atom is 0.264 e. The number of aryl methyl sites for hydroxylation is 1. The molecule has 0 saturated heterocycles. The second-order valence-corrected chi connectivity index (χ2v) is 14.0. The number of allylic oxidation sites excluding steroid dienone is 1. The van der Waals surface area contributed by atoms with Gasteiger partial charge in [0, 0.05) is 29.1 Å². The van der Waals surface area contributed by atoms with E-state index in [4.69, 9.17) is 4.74 Å². The van der Waals surface area contributed by atoms with Gasteiger partial charge in [-0.2, -0.15) is 5.10 Å². The van der Waals surface area contributed by atoms with Crippen LogP contribution in [-0.2, 0) is 23.6 Å². The first-order valence-corrected chi connectivity index (χ1v) is 16.3. The van der Waals surface area contributed by atoms with E-state index >= 15 is 0 Å². The number of aromatic nitrogens is 3. The van der Waals surface area contributed by atoms with Crippen LogP contribution in [-0.4, -0.2) is 47.3 Å². The van der Waals surface area contributed by atoms with Crippen LogP contribution in [0.25, 0.3) is 33.8 Å². The molecule has 1 N–H and O–H groups in total. The highest BCUT2D eigenvalue weighted by Gasteiger charge is 2.31. The van der Waals surface area contributed by atoms with E-state index in [9.17, 15) is 18.0 Å². The predicted octanol–water partition coefficient (Wildman–Crippen LogP) is 5.93. The topological polar surface area (TPSA) is 112 Å². The van der Waals surface area contributed by atoms with Crippen molar-refractivity contribution in [2.24, 2.45) is 7.05 Å². The van der Waals surface area contributed by atoms with Gasteiger partial charge in [-0.15, -0.1) is 0 Å². The second-order valence-electron chi connectivity index (χ2n) is 11.8. The summed E-state index contributed by atoms with van der Waals surface area (Å²) < 4.78 is 36.8. The van der Waals surface area contributed by atoms with Crippen LogP contribution in [0, 0.1) is 0 Å². The highest BCUT2D eigenvalue weighted by molar-refractivity contribution is 7.90. The Morgan fingerprint density at radius 3 is 2.56 bits per heavy atom. The van der Waals surface area contributed by atoms with Gasteiger partial charge in [0.1, 0.15) is 5.75 Å². The average Bonchev–Trinajstić information content (AvgIpc) is 3.47. The first kappa shape index (κ1) is 28.9. The minimum atomic E-state index is -3.80. The lowest BCUT2D eigenvalue weighted by molar-refractivity contribution is 0.0980.